The Morgan fingerprint density at radius 2 is 1.97 bits per heavy atom. The van der Waals surface area contributed by atoms with Gasteiger partial charge in [0.2, 0.25) is 5.95 Å². The van der Waals surface area contributed by atoms with Gasteiger partial charge in [-0.1, -0.05) is 12.5 Å². The molecule has 30 heavy (non-hydrogen) atoms. The van der Waals surface area contributed by atoms with Crippen LogP contribution in [-0.4, -0.2) is 61.2 Å². The summed E-state index contributed by atoms with van der Waals surface area (Å²) in [6.45, 7) is 2.45. The van der Waals surface area contributed by atoms with Crippen LogP contribution in [0.15, 0.2) is 30.5 Å². The molecule has 4 rings (SSSR count). The topological polar surface area (TPSA) is 71.3 Å². The van der Waals surface area contributed by atoms with Crippen molar-refractivity contribution in [3.05, 3.63) is 36.0 Å². The number of nitriles is 1. The van der Waals surface area contributed by atoms with Gasteiger partial charge in [0.15, 0.2) is 5.82 Å². The summed E-state index contributed by atoms with van der Waals surface area (Å²) in [4.78, 5) is 16.6. The first-order valence-corrected chi connectivity index (χ1v) is 10.9. The van der Waals surface area contributed by atoms with Gasteiger partial charge in [-0.25, -0.2) is 4.98 Å². The summed E-state index contributed by atoms with van der Waals surface area (Å²) in [5, 5.41) is 12.4. The number of hydrogen-bond donors (Lipinski definition) is 1. The van der Waals surface area contributed by atoms with Gasteiger partial charge in [-0.3, -0.25) is 4.90 Å². The van der Waals surface area contributed by atoms with Gasteiger partial charge in [-0.2, -0.15) is 10.2 Å². The highest BCUT2D eigenvalue weighted by atomic mass is 15.3. The van der Waals surface area contributed by atoms with Crippen molar-refractivity contribution in [3.8, 4) is 6.07 Å². The highest BCUT2D eigenvalue weighted by Gasteiger charge is 2.36. The average Bonchev–Trinajstić information content (AvgIpc) is 2.78. The van der Waals surface area contributed by atoms with Crippen LogP contribution in [0, 0.1) is 11.3 Å². The molecular formula is C23H31N7. The fourth-order valence-corrected chi connectivity index (χ4v) is 4.83. The van der Waals surface area contributed by atoms with Crippen molar-refractivity contribution >= 4 is 23.1 Å². The van der Waals surface area contributed by atoms with Gasteiger partial charge >= 0.3 is 0 Å². The van der Waals surface area contributed by atoms with Crippen LogP contribution < -0.4 is 15.1 Å². The second kappa shape index (κ2) is 8.88. The molecule has 2 atom stereocenters. The van der Waals surface area contributed by atoms with E-state index in [4.69, 9.17) is 10.2 Å². The van der Waals surface area contributed by atoms with Crippen LogP contribution in [-0.2, 0) is 0 Å². The fraction of sp³-hybridized carbons (Fsp3) is 0.522. The predicted molar refractivity (Wildman–Crippen MR) is 121 cm³/mol. The molecule has 1 aromatic carbocycles. The maximum absolute atomic E-state index is 9.16. The lowest BCUT2D eigenvalue weighted by molar-refractivity contribution is 0.0894. The number of benzene rings is 1. The number of nitrogens with zero attached hydrogens (tertiary/aromatic N) is 6. The van der Waals surface area contributed by atoms with Crippen molar-refractivity contribution in [2.45, 2.75) is 44.2 Å². The number of piperidine rings is 2. The molecule has 7 nitrogen and oxygen atoms in total. The Kier molecular flexibility index (Phi) is 6.05. The van der Waals surface area contributed by atoms with E-state index in [1.165, 1.54) is 45.2 Å². The molecule has 0 saturated carbocycles. The zero-order chi connectivity index (χ0) is 21.1. The van der Waals surface area contributed by atoms with E-state index >= 15 is 0 Å². The molecule has 0 bridgehead atoms. The van der Waals surface area contributed by atoms with Crippen molar-refractivity contribution in [2.24, 2.45) is 0 Å². The van der Waals surface area contributed by atoms with E-state index in [2.05, 4.69) is 38.1 Å². The van der Waals surface area contributed by atoms with E-state index in [9.17, 15) is 0 Å². The smallest absolute Gasteiger partial charge is 0.229 e. The lowest BCUT2D eigenvalue weighted by Gasteiger charge is -2.48. The van der Waals surface area contributed by atoms with E-state index in [-0.39, 0.29) is 0 Å². The molecular weight excluding hydrogens is 374 g/mol. The minimum atomic E-state index is 0.461. The maximum Gasteiger partial charge on any atom is 0.229 e. The summed E-state index contributed by atoms with van der Waals surface area (Å²) >= 11 is 0. The third-order valence-corrected chi connectivity index (χ3v) is 6.36. The normalized spacial score (nSPS) is 21.4. The molecule has 2 fully saturated rings. The summed E-state index contributed by atoms with van der Waals surface area (Å²) in [7, 11) is 6.25. The van der Waals surface area contributed by atoms with Crippen molar-refractivity contribution in [1.82, 2.24) is 14.9 Å². The second-order valence-electron chi connectivity index (χ2n) is 8.53. The van der Waals surface area contributed by atoms with Crippen molar-refractivity contribution < 1.29 is 0 Å². The largest absolute Gasteiger partial charge is 0.373 e. The van der Waals surface area contributed by atoms with Crippen LogP contribution in [0.2, 0.25) is 0 Å². The molecule has 0 unspecified atom stereocenters. The van der Waals surface area contributed by atoms with E-state index in [1.807, 2.05) is 38.5 Å². The van der Waals surface area contributed by atoms with Crippen LogP contribution in [0.4, 0.5) is 23.1 Å². The molecule has 1 aromatic heterocycles. The first-order valence-electron chi connectivity index (χ1n) is 10.9. The highest BCUT2D eigenvalue weighted by Crippen LogP contribution is 2.34. The molecule has 2 saturated heterocycles. The first-order chi connectivity index (χ1) is 14.6. The number of aromatic nitrogens is 2. The van der Waals surface area contributed by atoms with Crippen LogP contribution in [0.5, 0.6) is 0 Å². The molecule has 0 spiro atoms. The molecule has 0 aliphatic carbocycles. The third-order valence-electron chi connectivity index (χ3n) is 6.36. The zero-order valence-electron chi connectivity index (χ0n) is 18.2. The van der Waals surface area contributed by atoms with Gasteiger partial charge in [-0.15, -0.1) is 0 Å². The van der Waals surface area contributed by atoms with Gasteiger partial charge in [-0.05, 0) is 57.0 Å². The minimum absolute atomic E-state index is 0.461. The Labute approximate surface area is 179 Å². The molecule has 2 aromatic rings. The van der Waals surface area contributed by atoms with Crippen LogP contribution in [0.3, 0.4) is 0 Å². The molecule has 2 aliphatic rings. The predicted octanol–water partition coefficient (Wildman–Crippen LogP) is 3.61. The van der Waals surface area contributed by atoms with Gasteiger partial charge in [0.05, 0.1) is 23.5 Å². The number of anilines is 4. The Hall–Kier alpha value is -2.85. The zero-order valence-corrected chi connectivity index (χ0v) is 18.2. The molecule has 0 amide bonds. The quantitative estimate of drug-likeness (QED) is 0.815. The number of likely N-dealkylation sites (N-methyl/N-ethyl adjacent to an activating group) is 1. The van der Waals surface area contributed by atoms with Crippen molar-refractivity contribution in [2.75, 3.05) is 49.3 Å². The number of fused-ring (bicyclic) bond motifs is 1. The van der Waals surface area contributed by atoms with E-state index in [1.54, 1.807) is 6.07 Å². The highest BCUT2D eigenvalue weighted by molar-refractivity contribution is 5.69. The number of hydrogen-bond acceptors (Lipinski definition) is 7. The molecule has 7 heteroatoms. The van der Waals surface area contributed by atoms with Crippen LogP contribution in [0.25, 0.3) is 0 Å². The molecule has 0 radical (unpaired) electrons. The molecule has 3 heterocycles. The monoisotopic (exact) mass is 405 g/mol. The Morgan fingerprint density at radius 1 is 1.13 bits per heavy atom. The molecule has 2 aliphatic heterocycles. The Bertz CT molecular complexity index is 918. The van der Waals surface area contributed by atoms with E-state index in [0.717, 1.165) is 17.2 Å². The number of rotatable bonds is 5. The van der Waals surface area contributed by atoms with Crippen LogP contribution >= 0.6 is 0 Å². The summed E-state index contributed by atoms with van der Waals surface area (Å²) in [5.74, 6) is 1.50. The summed E-state index contributed by atoms with van der Waals surface area (Å²) < 4.78 is 0. The Morgan fingerprint density at radius 3 is 2.77 bits per heavy atom. The standard InChI is InChI=1S/C23H31N7/c1-28(2)21-16-25-23(26-18-9-6-8-17(14-18)15-24)27-22(21)29(3)19-11-7-13-30-12-5-4-10-20(19)30/h6,8-9,14,16,19-20H,4-5,7,10-13H2,1-3H3,(H,25,26,27)/t19-,20+/m0/s1. The second-order valence-corrected chi connectivity index (χ2v) is 8.53. The molecule has 1 N–H and O–H groups in total. The van der Waals surface area contributed by atoms with Gasteiger partial charge in [0, 0.05) is 38.9 Å². The van der Waals surface area contributed by atoms with Crippen LogP contribution in [0.1, 0.15) is 37.7 Å². The lowest BCUT2D eigenvalue weighted by atomic mass is 9.88. The average molecular weight is 406 g/mol. The van der Waals surface area contributed by atoms with Crippen molar-refractivity contribution in [3.63, 3.8) is 0 Å². The van der Waals surface area contributed by atoms with Gasteiger partial charge in [0.1, 0.15) is 0 Å². The summed E-state index contributed by atoms with van der Waals surface area (Å²) in [5.41, 5.74) is 2.44. The fourth-order valence-electron chi connectivity index (χ4n) is 4.83. The maximum atomic E-state index is 9.16. The first kappa shape index (κ1) is 20.4. The van der Waals surface area contributed by atoms with Crippen molar-refractivity contribution in [1.29, 1.82) is 5.26 Å². The van der Waals surface area contributed by atoms with Gasteiger partial charge < -0.3 is 15.1 Å². The van der Waals surface area contributed by atoms with E-state index in [0.29, 0.717) is 23.6 Å². The van der Waals surface area contributed by atoms with E-state index < -0.39 is 0 Å². The molecule has 158 valence electrons. The summed E-state index contributed by atoms with van der Waals surface area (Å²) in [6.07, 6.45) is 8.22. The minimum Gasteiger partial charge on any atom is -0.373 e. The lowest BCUT2D eigenvalue weighted by Crippen LogP contribution is -2.56. The SMILES string of the molecule is CN(C)c1cnc(Nc2cccc(C#N)c2)nc1N(C)[C@H]1CCCN2CCCC[C@H]12. The summed E-state index contributed by atoms with van der Waals surface area (Å²) in [6, 6.07) is 10.6. The Balaban J connectivity index is 1.63. The third kappa shape index (κ3) is 4.19. The van der Waals surface area contributed by atoms with Gasteiger partial charge in [0.25, 0.3) is 0 Å². The number of nitrogens with one attached hydrogen (secondary N) is 1.